The third-order valence-corrected chi connectivity index (χ3v) is 4.04. The number of hydrogen-bond donors (Lipinski definition) is 1. The lowest BCUT2D eigenvalue weighted by Crippen LogP contribution is -1.95. The third kappa shape index (κ3) is 3.97. The zero-order valence-corrected chi connectivity index (χ0v) is 11.7. The van der Waals surface area contributed by atoms with Gasteiger partial charge in [0, 0.05) is 16.5 Å². The van der Waals surface area contributed by atoms with Crippen molar-refractivity contribution < 1.29 is 0 Å². The van der Waals surface area contributed by atoms with Crippen LogP contribution in [0.2, 0.25) is 5.02 Å². The van der Waals surface area contributed by atoms with Gasteiger partial charge in [0.05, 0.1) is 0 Å². The van der Waals surface area contributed by atoms with Crippen LogP contribution in [0.1, 0.15) is 11.1 Å². The van der Waals surface area contributed by atoms with E-state index in [1.165, 1.54) is 11.1 Å². The molecule has 2 rings (SSSR count). The van der Waals surface area contributed by atoms with Crippen molar-refractivity contribution in [3.8, 4) is 0 Å². The van der Waals surface area contributed by atoms with E-state index in [1.54, 1.807) is 0 Å². The lowest BCUT2D eigenvalue weighted by Gasteiger charge is -2.05. The molecule has 2 aromatic rings. The number of benzene rings is 2. The molecule has 0 atom stereocenters. The molecule has 0 saturated heterocycles. The quantitative estimate of drug-likeness (QED) is 0.648. The first kappa shape index (κ1) is 13.3. The smallest absolute Gasteiger partial charge is 0.0406 e. The molecule has 0 fully saturated rings. The molecule has 0 unspecified atom stereocenters. The van der Waals surface area contributed by atoms with Crippen LogP contribution in [0, 0.1) is 0 Å². The molecule has 0 heterocycles. The van der Waals surface area contributed by atoms with Crippen LogP contribution in [0.4, 0.5) is 5.69 Å². The van der Waals surface area contributed by atoms with Crippen molar-refractivity contribution >= 4 is 29.1 Å². The topological polar surface area (TPSA) is 26.0 Å². The van der Waals surface area contributed by atoms with Crippen molar-refractivity contribution in [2.45, 2.75) is 12.2 Å². The highest BCUT2D eigenvalue weighted by Crippen LogP contribution is 2.18. The van der Waals surface area contributed by atoms with Crippen LogP contribution in [0.5, 0.6) is 0 Å². The molecule has 2 aromatic carbocycles. The fourth-order valence-corrected chi connectivity index (χ4v) is 2.78. The van der Waals surface area contributed by atoms with Gasteiger partial charge in [0.1, 0.15) is 0 Å². The van der Waals surface area contributed by atoms with E-state index in [9.17, 15) is 0 Å². The zero-order valence-electron chi connectivity index (χ0n) is 10.1. The van der Waals surface area contributed by atoms with Gasteiger partial charge >= 0.3 is 0 Å². The number of halogens is 1. The van der Waals surface area contributed by atoms with Crippen molar-refractivity contribution in [2.75, 3.05) is 11.5 Å². The second kappa shape index (κ2) is 6.72. The number of nitrogen functional groups attached to an aromatic ring is 1. The van der Waals surface area contributed by atoms with Crippen molar-refractivity contribution in [3.05, 3.63) is 64.7 Å². The molecule has 0 spiro atoms. The van der Waals surface area contributed by atoms with Crippen LogP contribution in [-0.2, 0) is 12.2 Å². The molecular weight excluding hydrogens is 262 g/mol. The van der Waals surface area contributed by atoms with Gasteiger partial charge < -0.3 is 5.73 Å². The minimum atomic E-state index is 0.792. The highest BCUT2D eigenvalue weighted by Gasteiger charge is 1.98. The fraction of sp³-hybridized carbons (Fsp3) is 0.200. The highest BCUT2D eigenvalue weighted by atomic mass is 35.5. The predicted octanol–water partition coefficient (Wildman–Crippen LogP) is 4.40. The van der Waals surface area contributed by atoms with Crippen molar-refractivity contribution in [3.63, 3.8) is 0 Å². The van der Waals surface area contributed by atoms with Gasteiger partial charge in [0.15, 0.2) is 0 Å². The molecule has 2 N–H and O–H groups in total. The van der Waals surface area contributed by atoms with Gasteiger partial charge in [0.25, 0.3) is 0 Å². The Hall–Kier alpha value is -1.12. The summed E-state index contributed by atoms with van der Waals surface area (Å²) in [6.07, 6.45) is 1.02. The van der Waals surface area contributed by atoms with Gasteiger partial charge in [-0.15, -0.1) is 0 Å². The van der Waals surface area contributed by atoms with Crippen LogP contribution < -0.4 is 5.73 Å². The van der Waals surface area contributed by atoms with E-state index in [1.807, 2.05) is 42.1 Å². The Morgan fingerprint density at radius 2 is 1.72 bits per heavy atom. The Kier molecular flexibility index (Phi) is 4.97. The Bertz CT molecular complexity index is 496. The highest BCUT2D eigenvalue weighted by molar-refractivity contribution is 7.98. The average molecular weight is 278 g/mol. The Labute approximate surface area is 117 Å². The first-order valence-electron chi connectivity index (χ1n) is 5.91. The summed E-state index contributed by atoms with van der Waals surface area (Å²) in [7, 11) is 0. The summed E-state index contributed by atoms with van der Waals surface area (Å²) >= 11 is 7.77. The first-order chi connectivity index (χ1) is 8.75. The largest absolute Gasteiger partial charge is 0.399 e. The molecule has 0 radical (unpaired) electrons. The molecule has 1 nitrogen and oxygen atoms in total. The maximum absolute atomic E-state index is 5.91. The standard InChI is InChI=1S/C15H16ClNS/c16-14-7-5-12(6-8-14)11-18-10-9-13-3-1-2-4-15(13)17/h1-8H,9-11,17H2. The van der Waals surface area contributed by atoms with E-state index in [0.29, 0.717) is 0 Å². The van der Waals surface area contributed by atoms with E-state index in [4.69, 9.17) is 17.3 Å². The first-order valence-corrected chi connectivity index (χ1v) is 7.44. The second-order valence-electron chi connectivity index (χ2n) is 4.13. The van der Waals surface area contributed by atoms with E-state index in [-0.39, 0.29) is 0 Å². The van der Waals surface area contributed by atoms with Gasteiger partial charge in [-0.05, 0) is 41.5 Å². The van der Waals surface area contributed by atoms with Crippen molar-refractivity contribution in [2.24, 2.45) is 0 Å². The predicted molar refractivity (Wildman–Crippen MR) is 82.2 cm³/mol. The number of rotatable bonds is 5. The normalized spacial score (nSPS) is 10.5. The Morgan fingerprint density at radius 1 is 1.00 bits per heavy atom. The number of aryl methyl sites for hydroxylation is 1. The van der Waals surface area contributed by atoms with Gasteiger partial charge in [-0.25, -0.2) is 0 Å². The Morgan fingerprint density at radius 3 is 2.44 bits per heavy atom. The SMILES string of the molecule is Nc1ccccc1CCSCc1ccc(Cl)cc1. The summed E-state index contributed by atoms with van der Waals surface area (Å²) < 4.78 is 0. The Balaban J connectivity index is 1.76. The molecule has 0 aliphatic heterocycles. The van der Waals surface area contributed by atoms with Crippen LogP contribution in [0.25, 0.3) is 0 Å². The maximum atomic E-state index is 5.91. The van der Waals surface area contributed by atoms with Crippen LogP contribution >= 0.6 is 23.4 Å². The molecule has 94 valence electrons. The lowest BCUT2D eigenvalue weighted by molar-refractivity contribution is 1.16. The van der Waals surface area contributed by atoms with Gasteiger partial charge in [-0.2, -0.15) is 11.8 Å². The summed E-state index contributed by atoms with van der Waals surface area (Å²) in [6.45, 7) is 0. The molecular formula is C15H16ClNS. The molecule has 0 aliphatic carbocycles. The summed E-state index contributed by atoms with van der Waals surface area (Å²) in [6, 6.07) is 16.1. The number of nitrogens with two attached hydrogens (primary N) is 1. The van der Waals surface area contributed by atoms with Crippen LogP contribution in [-0.4, -0.2) is 5.75 Å². The molecule has 0 bridgehead atoms. The minimum absolute atomic E-state index is 0.792. The summed E-state index contributed by atoms with van der Waals surface area (Å²) in [5.41, 5.74) is 9.35. The number of para-hydroxylation sites is 1. The van der Waals surface area contributed by atoms with Crippen molar-refractivity contribution in [1.29, 1.82) is 0 Å². The minimum Gasteiger partial charge on any atom is -0.399 e. The van der Waals surface area contributed by atoms with Crippen LogP contribution in [0.15, 0.2) is 48.5 Å². The second-order valence-corrected chi connectivity index (χ2v) is 5.67. The fourth-order valence-electron chi connectivity index (χ4n) is 1.71. The summed E-state index contributed by atoms with van der Waals surface area (Å²) in [4.78, 5) is 0. The molecule has 18 heavy (non-hydrogen) atoms. The molecule has 0 amide bonds. The van der Waals surface area contributed by atoms with Crippen molar-refractivity contribution in [1.82, 2.24) is 0 Å². The molecule has 0 aliphatic rings. The number of thioether (sulfide) groups is 1. The molecule has 3 heteroatoms. The zero-order chi connectivity index (χ0) is 12.8. The monoisotopic (exact) mass is 277 g/mol. The summed E-state index contributed by atoms with van der Waals surface area (Å²) in [5, 5.41) is 0.792. The van der Waals surface area contributed by atoms with E-state index in [0.717, 1.165) is 28.6 Å². The lowest BCUT2D eigenvalue weighted by atomic mass is 10.1. The molecule has 0 saturated carbocycles. The maximum Gasteiger partial charge on any atom is 0.0406 e. The van der Waals surface area contributed by atoms with Gasteiger partial charge in [0.2, 0.25) is 0 Å². The van der Waals surface area contributed by atoms with E-state index >= 15 is 0 Å². The third-order valence-electron chi connectivity index (χ3n) is 2.75. The molecule has 0 aromatic heterocycles. The van der Waals surface area contributed by atoms with Gasteiger partial charge in [-0.3, -0.25) is 0 Å². The van der Waals surface area contributed by atoms with Gasteiger partial charge in [-0.1, -0.05) is 41.9 Å². The van der Waals surface area contributed by atoms with E-state index in [2.05, 4.69) is 18.2 Å². The number of anilines is 1. The van der Waals surface area contributed by atoms with E-state index < -0.39 is 0 Å². The number of hydrogen-bond acceptors (Lipinski definition) is 2. The summed E-state index contributed by atoms with van der Waals surface area (Å²) in [5.74, 6) is 2.10. The average Bonchev–Trinajstić information content (AvgIpc) is 2.39. The van der Waals surface area contributed by atoms with Crippen LogP contribution in [0.3, 0.4) is 0 Å².